The third-order valence-electron chi connectivity index (χ3n) is 4.06. The SMILES string of the molecule is CCCCCCC1CC(CC)CCC1O. The van der Waals surface area contributed by atoms with Gasteiger partial charge in [0.25, 0.3) is 0 Å². The first-order valence-electron chi connectivity index (χ1n) is 6.96. The van der Waals surface area contributed by atoms with Gasteiger partial charge in [0.15, 0.2) is 0 Å². The monoisotopic (exact) mass is 212 g/mol. The van der Waals surface area contributed by atoms with Crippen LogP contribution in [0.2, 0.25) is 0 Å². The van der Waals surface area contributed by atoms with Gasteiger partial charge in [-0.2, -0.15) is 0 Å². The Morgan fingerprint density at radius 3 is 2.53 bits per heavy atom. The Kier molecular flexibility index (Phi) is 6.31. The minimum atomic E-state index is 0.00873. The van der Waals surface area contributed by atoms with E-state index in [4.69, 9.17) is 0 Å². The molecule has 0 aliphatic heterocycles. The van der Waals surface area contributed by atoms with Crippen molar-refractivity contribution in [2.24, 2.45) is 11.8 Å². The summed E-state index contributed by atoms with van der Waals surface area (Å²) in [4.78, 5) is 0. The second kappa shape index (κ2) is 7.27. The van der Waals surface area contributed by atoms with Crippen molar-refractivity contribution in [3.63, 3.8) is 0 Å². The zero-order valence-corrected chi connectivity index (χ0v) is 10.5. The molecule has 0 heterocycles. The molecule has 0 amide bonds. The van der Waals surface area contributed by atoms with Crippen LogP contribution < -0.4 is 0 Å². The molecule has 1 saturated carbocycles. The summed E-state index contributed by atoms with van der Waals surface area (Å²) in [6, 6.07) is 0. The van der Waals surface area contributed by atoms with E-state index in [2.05, 4.69) is 13.8 Å². The quantitative estimate of drug-likeness (QED) is 0.656. The number of aliphatic hydroxyl groups is 1. The molecule has 1 N–H and O–H groups in total. The standard InChI is InChI=1S/C14H28O/c1-3-5-6-7-8-13-11-12(4-2)9-10-14(13)15/h12-15H,3-11H2,1-2H3. The molecular weight excluding hydrogens is 184 g/mol. The van der Waals surface area contributed by atoms with Crippen LogP contribution in [0.15, 0.2) is 0 Å². The molecule has 1 aliphatic carbocycles. The normalized spacial score (nSPS) is 31.8. The van der Waals surface area contributed by atoms with Gasteiger partial charge in [0.1, 0.15) is 0 Å². The highest BCUT2D eigenvalue weighted by atomic mass is 16.3. The predicted octanol–water partition coefficient (Wildman–Crippen LogP) is 4.14. The zero-order valence-electron chi connectivity index (χ0n) is 10.5. The number of unbranched alkanes of at least 4 members (excludes halogenated alkanes) is 3. The van der Waals surface area contributed by atoms with Crippen molar-refractivity contribution >= 4 is 0 Å². The maximum Gasteiger partial charge on any atom is 0.0568 e. The lowest BCUT2D eigenvalue weighted by molar-refractivity contribution is 0.0417. The van der Waals surface area contributed by atoms with Crippen LogP contribution in [0.5, 0.6) is 0 Å². The summed E-state index contributed by atoms with van der Waals surface area (Å²) < 4.78 is 0. The molecule has 0 aromatic rings. The topological polar surface area (TPSA) is 20.2 Å². The van der Waals surface area contributed by atoms with E-state index >= 15 is 0 Å². The van der Waals surface area contributed by atoms with Gasteiger partial charge in [-0.05, 0) is 37.5 Å². The highest BCUT2D eigenvalue weighted by Crippen LogP contribution is 2.34. The number of hydrogen-bond acceptors (Lipinski definition) is 1. The Bertz CT molecular complexity index is 155. The first-order valence-corrected chi connectivity index (χ1v) is 6.96. The maximum absolute atomic E-state index is 9.94. The molecule has 1 aliphatic rings. The van der Waals surface area contributed by atoms with E-state index in [-0.39, 0.29) is 6.10 Å². The molecule has 0 aromatic carbocycles. The van der Waals surface area contributed by atoms with Crippen LogP contribution in [0.4, 0.5) is 0 Å². The molecule has 0 saturated heterocycles. The summed E-state index contributed by atoms with van der Waals surface area (Å²) in [7, 11) is 0. The van der Waals surface area contributed by atoms with E-state index in [9.17, 15) is 5.11 Å². The van der Waals surface area contributed by atoms with Gasteiger partial charge in [-0.1, -0.05) is 46.0 Å². The summed E-state index contributed by atoms with van der Waals surface area (Å²) >= 11 is 0. The molecule has 0 aromatic heterocycles. The summed E-state index contributed by atoms with van der Waals surface area (Å²) in [6.45, 7) is 4.54. The predicted molar refractivity (Wildman–Crippen MR) is 65.9 cm³/mol. The van der Waals surface area contributed by atoms with Gasteiger partial charge in [-0.3, -0.25) is 0 Å². The zero-order chi connectivity index (χ0) is 11.1. The smallest absolute Gasteiger partial charge is 0.0568 e. The average Bonchev–Trinajstić information content (AvgIpc) is 2.26. The van der Waals surface area contributed by atoms with Crippen LogP contribution in [0, 0.1) is 11.8 Å². The van der Waals surface area contributed by atoms with E-state index in [0.717, 1.165) is 12.3 Å². The van der Waals surface area contributed by atoms with Crippen LogP contribution in [0.25, 0.3) is 0 Å². The first-order chi connectivity index (χ1) is 7.27. The molecule has 90 valence electrons. The Hall–Kier alpha value is -0.0400. The molecule has 1 heteroatoms. The van der Waals surface area contributed by atoms with Crippen molar-refractivity contribution < 1.29 is 5.11 Å². The Morgan fingerprint density at radius 2 is 1.87 bits per heavy atom. The summed E-state index contributed by atoms with van der Waals surface area (Å²) in [5.74, 6) is 1.50. The number of rotatable bonds is 6. The second-order valence-corrected chi connectivity index (χ2v) is 5.26. The molecule has 0 radical (unpaired) electrons. The van der Waals surface area contributed by atoms with Gasteiger partial charge >= 0.3 is 0 Å². The third kappa shape index (κ3) is 4.55. The molecule has 3 unspecified atom stereocenters. The van der Waals surface area contributed by atoms with Gasteiger partial charge in [0.05, 0.1) is 6.10 Å². The van der Waals surface area contributed by atoms with E-state index in [1.807, 2.05) is 0 Å². The van der Waals surface area contributed by atoms with E-state index < -0.39 is 0 Å². The van der Waals surface area contributed by atoms with Crippen molar-refractivity contribution in [3.05, 3.63) is 0 Å². The van der Waals surface area contributed by atoms with Crippen LogP contribution in [0.1, 0.15) is 71.6 Å². The van der Waals surface area contributed by atoms with E-state index in [0.29, 0.717) is 5.92 Å². The molecule has 0 spiro atoms. The molecular formula is C14H28O. The average molecular weight is 212 g/mol. The van der Waals surface area contributed by atoms with Crippen LogP contribution >= 0.6 is 0 Å². The van der Waals surface area contributed by atoms with Gasteiger partial charge in [-0.25, -0.2) is 0 Å². The van der Waals surface area contributed by atoms with Crippen LogP contribution in [0.3, 0.4) is 0 Å². The van der Waals surface area contributed by atoms with Crippen molar-refractivity contribution in [3.8, 4) is 0 Å². The highest BCUT2D eigenvalue weighted by Gasteiger charge is 2.27. The Labute approximate surface area is 95.3 Å². The van der Waals surface area contributed by atoms with E-state index in [1.165, 1.54) is 51.4 Å². The minimum Gasteiger partial charge on any atom is -0.393 e. The fourth-order valence-electron chi connectivity index (χ4n) is 2.86. The van der Waals surface area contributed by atoms with Crippen molar-refractivity contribution in [2.75, 3.05) is 0 Å². The number of hydrogen-bond donors (Lipinski definition) is 1. The summed E-state index contributed by atoms with van der Waals surface area (Å²) in [6.07, 6.45) is 11.5. The fraction of sp³-hybridized carbons (Fsp3) is 1.00. The van der Waals surface area contributed by atoms with Gasteiger partial charge in [-0.15, -0.1) is 0 Å². The highest BCUT2D eigenvalue weighted by molar-refractivity contribution is 4.79. The first kappa shape index (κ1) is 13.0. The van der Waals surface area contributed by atoms with Crippen LogP contribution in [-0.2, 0) is 0 Å². The van der Waals surface area contributed by atoms with Gasteiger partial charge in [0, 0.05) is 0 Å². The number of aliphatic hydroxyl groups excluding tert-OH is 1. The lowest BCUT2D eigenvalue weighted by Gasteiger charge is -2.33. The van der Waals surface area contributed by atoms with Crippen molar-refractivity contribution in [1.29, 1.82) is 0 Å². The van der Waals surface area contributed by atoms with Gasteiger partial charge < -0.3 is 5.11 Å². The summed E-state index contributed by atoms with van der Waals surface area (Å²) in [5, 5.41) is 9.94. The van der Waals surface area contributed by atoms with Crippen molar-refractivity contribution in [1.82, 2.24) is 0 Å². The molecule has 0 bridgehead atoms. The van der Waals surface area contributed by atoms with Gasteiger partial charge in [0.2, 0.25) is 0 Å². The van der Waals surface area contributed by atoms with Crippen LogP contribution in [-0.4, -0.2) is 11.2 Å². The lowest BCUT2D eigenvalue weighted by atomic mass is 9.76. The molecule has 1 rings (SSSR count). The third-order valence-corrected chi connectivity index (χ3v) is 4.06. The fourth-order valence-corrected chi connectivity index (χ4v) is 2.86. The maximum atomic E-state index is 9.94. The minimum absolute atomic E-state index is 0.00873. The Morgan fingerprint density at radius 1 is 1.07 bits per heavy atom. The second-order valence-electron chi connectivity index (χ2n) is 5.26. The summed E-state index contributed by atoms with van der Waals surface area (Å²) in [5.41, 5.74) is 0. The largest absolute Gasteiger partial charge is 0.393 e. The lowest BCUT2D eigenvalue weighted by Crippen LogP contribution is -2.28. The molecule has 15 heavy (non-hydrogen) atoms. The molecule has 3 atom stereocenters. The Balaban J connectivity index is 2.19. The van der Waals surface area contributed by atoms with E-state index in [1.54, 1.807) is 0 Å². The molecule has 1 nitrogen and oxygen atoms in total. The van der Waals surface area contributed by atoms with Crippen molar-refractivity contribution in [2.45, 2.75) is 77.7 Å². The molecule has 1 fully saturated rings.